The van der Waals surface area contributed by atoms with Crippen molar-refractivity contribution in [3.63, 3.8) is 0 Å². The van der Waals surface area contributed by atoms with Crippen molar-refractivity contribution in [1.29, 1.82) is 0 Å². The van der Waals surface area contributed by atoms with Gasteiger partial charge in [-0.2, -0.15) is 0 Å². The van der Waals surface area contributed by atoms with E-state index in [0.717, 1.165) is 37.8 Å². The fourth-order valence-electron chi connectivity index (χ4n) is 3.71. The maximum atomic E-state index is 11.3. The van der Waals surface area contributed by atoms with Gasteiger partial charge in [-0.1, -0.05) is 78.1 Å². The van der Waals surface area contributed by atoms with Crippen LogP contribution in [0.25, 0.3) is 11.6 Å². The Hall–Kier alpha value is -3.70. The molecule has 0 fully saturated rings. The minimum absolute atomic E-state index is 0.0726. The number of allylic oxidation sites excluding steroid dienone is 1. The van der Waals surface area contributed by atoms with Gasteiger partial charge in [0, 0.05) is 17.4 Å². The lowest BCUT2D eigenvalue weighted by Gasteiger charge is -2.15. The van der Waals surface area contributed by atoms with Crippen LogP contribution in [0.1, 0.15) is 29.0 Å². The van der Waals surface area contributed by atoms with E-state index in [1.54, 1.807) is 0 Å². The van der Waals surface area contributed by atoms with Crippen LogP contribution in [0, 0.1) is 0 Å². The summed E-state index contributed by atoms with van der Waals surface area (Å²) in [6.45, 7) is 2.08. The number of aromatic nitrogens is 1. The van der Waals surface area contributed by atoms with Gasteiger partial charge in [0.1, 0.15) is 0 Å². The molecule has 4 aromatic rings. The van der Waals surface area contributed by atoms with Gasteiger partial charge in [-0.25, -0.2) is 4.99 Å². The summed E-state index contributed by atoms with van der Waals surface area (Å²) in [5.74, 6) is 0.210. The summed E-state index contributed by atoms with van der Waals surface area (Å²) in [6, 6.07) is 27.9. The van der Waals surface area contributed by atoms with Crippen molar-refractivity contribution in [2.45, 2.75) is 13.0 Å². The number of rotatable bonds is 4. The largest absolute Gasteiger partial charge is 0.493 e. The highest BCUT2D eigenvalue weighted by atomic mass is 32.1. The quantitative estimate of drug-likeness (QED) is 0.408. The van der Waals surface area contributed by atoms with Crippen molar-refractivity contribution in [1.82, 2.24) is 4.57 Å². The smallest absolute Gasteiger partial charge is 0.211 e. The Bertz CT molecular complexity index is 1350. The molecule has 0 amide bonds. The zero-order chi connectivity index (χ0) is 21.2. The van der Waals surface area contributed by atoms with E-state index in [1.807, 2.05) is 83.6 Å². The van der Waals surface area contributed by atoms with Crippen LogP contribution in [0.5, 0.6) is 5.88 Å². The normalized spacial score (nSPS) is 15.4. The summed E-state index contributed by atoms with van der Waals surface area (Å²) >= 11 is 1.47. The van der Waals surface area contributed by atoms with Crippen molar-refractivity contribution in [3.8, 4) is 5.88 Å². The van der Waals surface area contributed by atoms with Gasteiger partial charge < -0.3 is 5.11 Å². The van der Waals surface area contributed by atoms with Gasteiger partial charge in [0.25, 0.3) is 0 Å². The standard InChI is InChI=1S/C26H21N3OS/c1-18(19-10-4-2-5-11-19)29-25(30)24(31-26(29)28-21-12-6-3-7-13-21)16-20-17-27-23-15-9-8-14-22(20)23/h2-18,30H,1H3/t18-/m0/s1. The number of fused-ring (bicyclic) bond motifs is 1. The molecular formula is C26H21N3OS. The summed E-state index contributed by atoms with van der Waals surface area (Å²) in [4.78, 5) is 10.8. The second-order valence-corrected chi connectivity index (χ2v) is 8.36. The molecule has 0 spiro atoms. The van der Waals surface area contributed by atoms with Gasteiger partial charge >= 0.3 is 0 Å². The number of nitrogens with zero attached hydrogens (tertiary/aromatic N) is 3. The monoisotopic (exact) mass is 423 g/mol. The molecule has 2 heterocycles. The first-order chi connectivity index (χ1) is 15.2. The van der Waals surface area contributed by atoms with Crippen LogP contribution < -0.4 is 4.80 Å². The molecule has 1 aliphatic rings. The molecule has 0 aliphatic carbocycles. The van der Waals surface area contributed by atoms with E-state index in [1.165, 1.54) is 11.3 Å². The molecule has 0 radical (unpaired) electrons. The van der Waals surface area contributed by atoms with Crippen molar-refractivity contribution >= 4 is 40.6 Å². The summed E-state index contributed by atoms with van der Waals surface area (Å²) in [5, 5.41) is 11.3. The van der Waals surface area contributed by atoms with Gasteiger partial charge in [0.15, 0.2) is 4.80 Å². The van der Waals surface area contributed by atoms with E-state index in [9.17, 15) is 5.11 Å². The third kappa shape index (κ3) is 3.76. The van der Waals surface area contributed by atoms with Crippen LogP contribution in [0.15, 0.2) is 94.9 Å². The lowest BCUT2D eigenvalue weighted by Crippen LogP contribution is -2.19. The van der Waals surface area contributed by atoms with Crippen molar-refractivity contribution < 1.29 is 5.11 Å². The molecule has 0 saturated carbocycles. The van der Waals surface area contributed by atoms with Crippen molar-refractivity contribution in [2.24, 2.45) is 9.98 Å². The van der Waals surface area contributed by atoms with Crippen LogP contribution in [0.3, 0.4) is 0 Å². The minimum atomic E-state index is -0.0726. The molecular weight excluding hydrogens is 402 g/mol. The van der Waals surface area contributed by atoms with E-state index in [-0.39, 0.29) is 11.9 Å². The first-order valence-electron chi connectivity index (χ1n) is 10.1. The van der Waals surface area contributed by atoms with E-state index < -0.39 is 0 Å². The van der Waals surface area contributed by atoms with Crippen LogP contribution in [-0.2, 0) is 0 Å². The third-order valence-corrected chi connectivity index (χ3v) is 6.34. The third-order valence-electron chi connectivity index (χ3n) is 5.35. The van der Waals surface area contributed by atoms with Crippen molar-refractivity contribution in [2.75, 3.05) is 0 Å². The number of aromatic hydroxyl groups is 1. The maximum absolute atomic E-state index is 11.3. The molecule has 1 aliphatic heterocycles. The average Bonchev–Trinajstić information content (AvgIpc) is 3.36. The Balaban J connectivity index is 1.67. The number of thiazole rings is 1. The Morgan fingerprint density at radius 3 is 2.39 bits per heavy atom. The van der Waals surface area contributed by atoms with Gasteiger partial charge in [-0.3, -0.25) is 9.56 Å². The summed E-state index contributed by atoms with van der Waals surface area (Å²) in [7, 11) is 0. The molecule has 0 bridgehead atoms. The van der Waals surface area contributed by atoms with Gasteiger partial charge in [-0.05, 0) is 36.8 Å². The summed E-state index contributed by atoms with van der Waals surface area (Å²) < 4.78 is 1.90. The molecule has 0 saturated heterocycles. The van der Waals surface area contributed by atoms with Crippen LogP contribution in [0.2, 0.25) is 0 Å². The highest BCUT2D eigenvalue weighted by Crippen LogP contribution is 2.35. The zero-order valence-corrected chi connectivity index (χ0v) is 17.8. The number of hydrogen-bond acceptors (Lipinski definition) is 4. The molecule has 1 aromatic heterocycles. The lowest BCUT2D eigenvalue weighted by atomic mass is 10.1. The number of para-hydroxylation sites is 2. The van der Waals surface area contributed by atoms with E-state index in [4.69, 9.17) is 4.99 Å². The van der Waals surface area contributed by atoms with E-state index in [0.29, 0.717) is 0 Å². The Morgan fingerprint density at radius 2 is 1.61 bits per heavy atom. The topological polar surface area (TPSA) is 49.9 Å². The molecule has 3 aromatic carbocycles. The predicted octanol–water partition coefficient (Wildman–Crippen LogP) is 6.35. The molecule has 1 atom stereocenters. The Labute approximate surface area is 184 Å². The Morgan fingerprint density at radius 1 is 0.935 bits per heavy atom. The second kappa shape index (κ2) is 8.20. The maximum Gasteiger partial charge on any atom is 0.211 e. The average molecular weight is 424 g/mol. The van der Waals surface area contributed by atoms with Gasteiger partial charge in [0.2, 0.25) is 5.88 Å². The predicted molar refractivity (Wildman–Crippen MR) is 128 cm³/mol. The Kier molecular flexibility index (Phi) is 5.10. The highest BCUT2D eigenvalue weighted by molar-refractivity contribution is 7.10. The van der Waals surface area contributed by atoms with Crippen LogP contribution >= 0.6 is 11.3 Å². The van der Waals surface area contributed by atoms with Crippen LogP contribution in [-0.4, -0.2) is 15.9 Å². The summed E-state index contributed by atoms with van der Waals surface area (Å²) in [6.07, 6.45) is 3.84. The SMILES string of the molecule is C[C@@H](c1ccccc1)n1c(O)c(C=C2C=Nc3ccccc32)sc1=Nc1ccccc1. The van der Waals surface area contributed by atoms with Crippen molar-refractivity contribution in [3.05, 3.63) is 106 Å². The molecule has 5 rings (SSSR count). The van der Waals surface area contributed by atoms with E-state index >= 15 is 0 Å². The lowest BCUT2D eigenvalue weighted by molar-refractivity contribution is 0.400. The number of hydrogen-bond donors (Lipinski definition) is 1. The van der Waals surface area contributed by atoms with Gasteiger partial charge in [0.05, 0.1) is 22.3 Å². The second-order valence-electron chi connectivity index (χ2n) is 7.35. The molecule has 31 heavy (non-hydrogen) atoms. The fraction of sp³-hybridized carbons (Fsp3) is 0.0769. The first-order valence-corrected chi connectivity index (χ1v) is 11.0. The fourth-order valence-corrected chi connectivity index (χ4v) is 4.78. The summed E-state index contributed by atoms with van der Waals surface area (Å²) in [5.41, 5.74) is 4.96. The zero-order valence-electron chi connectivity index (χ0n) is 17.0. The molecule has 152 valence electrons. The van der Waals surface area contributed by atoms with Gasteiger partial charge in [-0.15, -0.1) is 0 Å². The molecule has 0 unspecified atom stereocenters. The number of benzene rings is 3. The molecule has 5 heteroatoms. The molecule has 4 nitrogen and oxygen atoms in total. The van der Waals surface area contributed by atoms with Crippen LogP contribution in [0.4, 0.5) is 11.4 Å². The van der Waals surface area contributed by atoms with E-state index in [2.05, 4.69) is 30.1 Å². The first kappa shape index (κ1) is 19.3. The highest BCUT2D eigenvalue weighted by Gasteiger charge is 2.19. The minimum Gasteiger partial charge on any atom is -0.493 e. The number of aliphatic imine (C=N–C) groups is 1. The molecule has 1 N–H and O–H groups in total.